The van der Waals surface area contributed by atoms with Gasteiger partial charge in [-0.25, -0.2) is 12.7 Å². The van der Waals surface area contributed by atoms with Crippen LogP contribution in [0.15, 0.2) is 23.1 Å². The molecule has 0 fully saturated rings. The molecule has 0 saturated carbocycles. The molecule has 0 bridgehead atoms. The maximum Gasteiger partial charge on any atom is 0.242 e. The van der Waals surface area contributed by atoms with E-state index in [1.54, 1.807) is 12.1 Å². The molecular formula is C10H17N3O2S. The van der Waals surface area contributed by atoms with Crippen molar-refractivity contribution in [2.75, 3.05) is 31.7 Å². The number of benzene rings is 1. The van der Waals surface area contributed by atoms with E-state index in [9.17, 15) is 8.42 Å². The molecule has 0 radical (unpaired) electrons. The Bertz CT molecular complexity index is 469. The van der Waals surface area contributed by atoms with Gasteiger partial charge in [-0.2, -0.15) is 0 Å². The molecule has 0 heterocycles. The quantitative estimate of drug-likeness (QED) is 0.772. The molecule has 0 unspecified atom stereocenters. The number of hydrogen-bond acceptors (Lipinski definition) is 4. The fourth-order valence-electron chi connectivity index (χ4n) is 1.26. The van der Waals surface area contributed by atoms with Crippen molar-refractivity contribution in [3.63, 3.8) is 0 Å². The van der Waals surface area contributed by atoms with Gasteiger partial charge in [0.15, 0.2) is 0 Å². The summed E-state index contributed by atoms with van der Waals surface area (Å²) in [5, 5.41) is 3.05. The fourth-order valence-corrected chi connectivity index (χ4v) is 2.20. The zero-order chi connectivity index (χ0) is 12.3. The third kappa shape index (κ3) is 2.45. The molecule has 16 heavy (non-hydrogen) atoms. The van der Waals surface area contributed by atoms with Crippen molar-refractivity contribution in [1.29, 1.82) is 0 Å². The Morgan fingerprint density at radius 2 is 2.00 bits per heavy atom. The summed E-state index contributed by atoms with van der Waals surface area (Å²) in [6, 6.07) is 4.69. The van der Waals surface area contributed by atoms with Crippen LogP contribution in [0.3, 0.4) is 0 Å². The first-order valence-corrected chi connectivity index (χ1v) is 6.39. The van der Waals surface area contributed by atoms with Crippen LogP contribution in [-0.4, -0.2) is 33.4 Å². The van der Waals surface area contributed by atoms with Crippen molar-refractivity contribution in [2.24, 2.45) is 0 Å². The second-order valence-corrected chi connectivity index (χ2v) is 5.72. The first-order chi connectivity index (χ1) is 7.39. The summed E-state index contributed by atoms with van der Waals surface area (Å²) < 4.78 is 24.8. The van der Waals surface area contributed by atoms with Gasteiger partial charge in [-0.15, -0.1) is 0 Å². The topological polar surface area (TPSA) is 75.4 Å². The summed E-state index contributed by atoms with van der Waals surface area (Å²) >= 11 is 0. The molecule has 0 aromatic heterocycles. The number of nitrogen functional groups attached to an aromatic ring is 1. The van der Waals surface area contributed by atoms with Crippen LogP contribution in [0.25, 0.3) is 0 Å². The molecule has 0 aliphatic rings. The fraction of sp³-hybridized carbons (Fsp3) is 0.400. The number of hydrogen-bond donors (Lipinski definition) is 2. The van der Waals surface area contributed by atoms with Gasteiger partial charge in [0.05, 0.1) is 16.3 Å². The van der Waals surface area contributed by atoms with Crippen LogP contribution in [0.5, 0.6) is 0 Å². The second kappa shape index (κ2) is 4.71. The van der Waals surface area contributed by atoms with Gasteiger partial charge in [-0.3, -0.25) is 0 Å². The highest BCUT2D eigenvalue weighted by atomic mass is 32.2. The number of nitrogens with one attached hydrogen (secondary N) is 1. The number of nitrogens with two attached hydrogens (primary N) is 1. The Morgan fingerprint density at radius 1 is 1.38 bits per heavy atom. The summed E-state index contributed by atoms with van der Waals surface area (Å²) in [4.78, 5) is 0.205. The van der Waals surface area contributed by atoms with E-state index in [1.807, 2.05) is 6.92 Å². The average Bonchev–Trinajstić information content (AvgIpc) is 2.21. The lowest BCUT2D eigenvalue weighted by Crippen LogP contribution is -2.22. The third-order valence-electron chi connectivity index (χ3n) is 2.17. The Labute approximate surface area is 96.3 Å². The first kappa shape index (κ1) is 12.8. The average molecular weight is 243 g/mol. The van der Waals surface area contributed by atoms with Crippen LogP contribution < -0.4 is 11.1 Å². The van der Waals surface area contributed by atoms with E-state index in [2.05, 4.69) is 5.32 Å². The van der Waals surface area contributed by atoms with Crippen LogP contribution in [0.4, 0.5) is 11.4 Å². The second-order valence-electron chi connectivity index (χ2n) is 3.57. The maximum atomic E-state index is 11.8. The predicted molar refractivity (Wildman–Crippen MR) is 65.9 cm³/mol. The molecule has 0 aliphatic carbocycles. The molecule has 3 N–H and O–H groups in total. The summed E-state index contributed by atoms with van der Waals surface area (Å²) in [5.41, 5.74) is 6.94. The Balaban J connectivity index is 3.16. The van der Waals surface area contributed by atoms with Crippen molar-refractivity contribution >= 4 is 21.4 Å². The third-order valence-corrected chi connectivity index (χ3v) is 3.98. The number of nitrogens with zero attached hydrogens (tertiary/aromatic N) is 1. The summed E-state index contributed by atoms with van der Waals surface area (Å²) in [6.45, 7) is 2.69. The molecule has 90 valence electrons. The van der Waals surface area contributed by atoms with Crippen LogP contribution in [-0.2, 0) is 10.0 Å². The Hall–Kier alpha value is -1.27. The lowest BCUT2D eigenvalue weighted by Gasteiger charge is -2.13. The molecule has 0 saturated heterocycles. The van der Waals surface area contributed by atoms with Gasteiger partial charge in [0.25, 0.3) is 0 Å². The minimum atomic E-state index is -3.41. The minimum absolute atomic E-state index is 0.205. The molecule has 1 aromatic carbocycles. The predicted octanol–water partition coefficient (Wildman–Crippen LogP) is 0.951. The Kier molecular flexibility index (Phi) is 3.77. The molecule has 0 aliphatic heterocycles. The van der Waals surface area contributed by atoms with Gasteiger partial charge < -0.3 is 11.1 Å². The zero-order valence-electron chi connectivity index (χ0n) is 9.69. The molecule has 1 aromatic rings. The van der Waals surface area contributed by atoms with E-state index in [1.165, 1.54) is 20.2 Å². The van der Waals surface area contributed by atoms with E-state index in [-0.39, 0.29) is 4.90 Å². The number of anilines is 2. The van der Waals surface area contributed by atoms with Gasteiger partial charge >= 0.3 is 0 Å². The van der Waals surface area contributed by atoms with Crippen molar-refractivity contribution in [2.45, 2.75) is 11.8 Å². The van der Waals surface area contributed by atoms with Gasteiger partial charge in [0, 0.05) is 20.6 Å². The van der Waals surface area contributed by atoms with Crippen LogP contribution >= 0.6 is 0 Å². The van der Waals surface area contributed by atoms with Crippen molar-refractivity contribution < 1.29 is 8.42 Å². The molecule has 6 heteroatoms. The van der Waals surface area contributed by atoms with E-state index in [4.69, 9.17) is 5.73 Å². The number of sulfonamides is 1. The Morgan fingerprint density at radius 3 is 2.44 bits per heavy atom. The van der Waals surface area contributed by atoms with E-state index in [0.29, 0.717) is 5.69 Å². The van der Waals surface area contributed by atoms with Gasteiger partial charge in [0.2, 0.25) is 10.0 Å². The largest absolute Gasteiger partial charge is 0.397 e. The lowest BCUT2D eigenvalue weighted by atomic mass is 10.2. The lowest BCUT2D eigenvalue weighted by molar-refractivity contribution is 0.521. The molecule has 0 spiro atoms. The molecule has 0 atom stereocenters. The monoisotopic (exact) mass is 243 g/mol. The van der Waals surface area contributed by atoms with Crippen molar-refractivity contribution in [1.82, 2.24) is 4.31 Å². The molecule has 1 rings (SSSR count). The van der Waals surface area contributed by atoms with Gasteiger partial charge in [0.1, 0.15) is 0 Å². The highest BCUT2D eigenvalue weighted by Gasteiger charge is 2.17. The SMILES string of the molecule is CCNc1ccc(S(=O)(=O)N(C)C)cc1N. The summed E-state index contributed by atoms with van der Waals surface area (Å²) in [7, 11) is -0.426. The maximum absolute atomic E-state index is 11.8. The molecular weight excluding hydrogens is 226 g/mol. The van der Waals surface area contributed by atoms with Gasteiger partial charge in [-0.1, -0.05) is 0 Å². The summed E-state index contributed by atoms with van der Waals surface area (Å²) in [6.07, 6.45) is 0. The molecule has 5 nitrogen and oxygen atoms in total. The minimum Gasteiger partial charge on any atom is -0.397 e. The van der Waals surface area contributed by atoms with Crippen molar-refractivity contribution in [3.8, 4) is 0 Å². The van der Waals surface area contributed by atoms with E-state index in [0.717, 1.165) is 16.5 Å². The zero-order valence-corrected chi connectivity index (χ0v) is 10.5. The highest BCUT2D eigenvalue weighted by molar-refractivity contribution is 7.89. The van der Waals surface area contributed by atoms with Crippen molar-refractivity contribution in [3.05, 3.63) is 18.2 Å². The first-order valence-electron chi connectivity index (χ1n) is 4.95. The smallest absolute Gasteiger partial charge is 0.242 e. The van der Waals surface area contributed by atoms with E-state index >= 15 is 0 Å². The van der Waals surface area contributed by atoms with Crippen LogP contribution in [0.2, 0.25) is 0 Å². The standard InChI is InChI=1S/C10H17N3O2S/c1-4-12-10-6-5-8(7-9(10)11)16(14,15)13(2)3/h5-7,12H,4,11H2,1-3H3. The number of rotatable bonds is 4. The van der Waals surface area contributed by atoms with Crippen LogP contribution in [0, 0.1) is 0 Å². The van der Waals surface area contributed by atoms with Gasteiger partial charge in [-0.05, 0) is 25.1 Å². The summed E-state index contributed by atoms with van der Waals surface area (Å²) in [5.74, 6) is 0. The normalized spacial score (nSPS) is 11.8. The van der Waals surface area contributed by atoms with Crippen LogP contribution in [0.1, 0.15) is 6.92 Å². The van der Waals surface area contributed by atoms with E-state index < -0.39 is 10.0 Å². The highest BCUT2D eigenvalue weighted by Crippen LogP contribution is 2.23. The molecule has 0 amide bonds.